The Morgan fingerprint density at radius 2 is 1.47 bits per heavy atom. The van der Waals surface area contributed by atoms with E-state index in [4.69, 9.17) is 14.5 Å². The third-order valence-electron chi connectivity index (χ3n) is 4.66. The summed E-state index contributed by atoms with van der Waals surface area (Å²) in [6.45, 7) is 0. The summed E-state index contributed by atoms with van der Waals surface area (Å²) in [6, 6.07) is 20.1. The molecule has 30 heavy (non-hydrogen) atoms. The van der Waals surface area contributed by atoms with Crippen molar-refractivity contribution < 1.29 is 19.1 Å². The minimum Gasteiger partial charge on any atom is -0.465 e. The molecule has 0 amide bonds. The quantitative estimate of drug-likeness (QED) is 0.502. The normalized spacial score (nSPS) is 10.6. The van der Waals surface area contributed by atoms with Gasteiger partial charge in [0.2, 0.25) is 0 Å². The molecule has 4 aromatic rings. The summed E-state index contributed by atoms with van der Waals surface area (Å²) in [7, 11) is 2.69. The molecule has 7 nitrogen and oxygen atoms in total. The summed E-state index contributed by atoms with van der Waals surface area (Å²) in [6.07, 6.45) is 1.69. The molecule has 0 saturated heterocycles. The Hall–Kier alpha value is -4.13. The number of imidazole rings is 1. The zero-order valence-electron chi connectivity index (χ0n) is 16.5. The number of nitrogens with one attached hydrogen (secondary N) is 1. The molecule has 0 spiro atoms. The fourth-order valence-electron chi connectivity index (χ4n) is 3.14. The Morgan fingerprint density at radius 1 is 0.833 bits per heavy atom. The van der Waals surface area contributed by atoms with E-state index >= 15 is 0 Å². The van der Waals surface area contributed by atoms with E-state index in [1.165, 1.54) is 14.2 Å². The second-order valence-electron chi connectivity index (χ2n) is 6.51. The molecule has 2 aromatic carbocycles. The number of benzene rings is 2. The highest BCUT2D eigenvalue weighted by atomic mass is 16.5. The maximum Gasteiger partial charge on any atom is 0.339 e. The Kier molecular flexibility index (Phi) is 5.17. The summed E-state index contributed by atoms with van der Waals surface area (Å²) in [5, 5.41) is 3.36. The van der Waals surface area contributed by atoms with Gasteiger partial charge in [-0.25, -0.2) is 14.6 Å². The average molecular weight is 401 g/mol. The number of ether oxygens (including phenoxy) is 2. The van der Waals surface area contributed by atoms with E-state index in [2.05, 4.69) is 5.32 Å². The van der Waals surface area contributed by atoms with E-state index in [-0.39, 0.29) is 0 Å². The molecule has 2 heterocycles. The van der Waals surface area contributed by atoms with Gasteiger partial charge < -0.3 is 14.8 Å². The molecule has 4 rings (SSSR count). The first-order valence-electron chi connectivity index (χ1n) is 9.22. The highest BCUT2D eigenvalue weighted by Gasteiger charge is 2.17. The molecule has 0 bridgehead atoms. The first-order valence-corrected chi connectivity index (χ1v) is 9.22. The summed E-state index contributed by atoms with van der Waals surface area (Å²) >= 11 is 0. The number of esters is 2. The van der Waals surface area contributed by atoms with Gasteiger partial charge in [-0.3, -0.25) is 4.40 Å². The minimum absolute atomic E-state index is 0.399. The monoisotopic (exact) mass is 401 g/mol. The van der Waals surface area contributed by atoms with Crippen molar-refractivity contribution in [2.75, 3.05) is 19.5 Å². The van der Waals surface area contributed by atoms with Gasteiger partial charge in [-0.2, -0.15) is 0 Å². The van der Waals surface area contributed by atoms with Crippen molar-refractivity contribution in [1.29, 1.82) is 0 Å². The molecule has 0 unspecified atom stereocenters. The topological polar surface area (TPSA) is 81.9 Å². The van der Waals surface area contributed by atoms with Gasteiger partial charge in [-0.05, 0) is 36.4 Å². The van der Waals surface area contributed by atoms with Crippen LogP contribution in [-0.2, 0) is 9.47 Å². The van der Waals surface area contributed by atoms with Gasteiger partial charge in [0.05, 0.1) is 25.3 Å². The van der Waals surface area contributed by atoms with E-state index < -0.39 is 11.9 Å². The standard InChI is InChI=1S/C23H19N3O4/c1-29-22(27)16-8-11-18(12-9-16)24-21-20(15-6-4-3-5-7-15)25-19-13-10-17(14-26(19)21)23(28)30-2/h3-14,24H,1-2H3. The maximum atomic E-state index is 12.0. The SMILES string of the molecule is COC(=O)c1ccc(Nc2c(-c3ccccc3)nc3ccc(C(=O)OC)cn23)cc1. The first-order chi connectivity index (χ1) is 14.6. The molecule has 7 heteroatoms. The average Bonchev–Trinajstić information content (AvgIpc) is 3.16. The summed E-state index contributed by atoms with van der Waals surface area (Å²) in [5.74, 6) is -0.142. The number of carbonyl (C=O) groups excluding carboxylic acids is 2. The highest BCUT2D eigenvalue weighted by Crippen LogP contribution is 2.31. The smallest absolute Gasteiger partial charge is 0.339 e. The van der Waals surface area contributed by atoms with Crippen LogP contribution in [0.25, 0.3) is 16.9 Å². The first kappa shape index (κ1) is 19.2. The summed E-state index contributed by atoms with van der Waals surface area (Å²) in [4.78, 5) is 28.4. The van der Waals surface area contributed by atoms with Crippen LogP contribution < -0.4 is 5.32 Å². The molecular weight excluding hydrogens is 382 g/mol. The molecule has 0 radical (unpaired) electrons. The lowest BCUT2D eigenvalue weighted by Crippen LogP contribution is -2.04. The lowest BCUT2D eigenvalue weighted by atomic mass is 10.1. The number of carbonyl (C=O) groups is 2. The number of anilines is 2. The number of hydrogen-bond donors (Lipinski definition) is 1. The van der Waals surface area contributed by atoms with Gasteiger partial charge in [-0.15, -0.1) is 0 Å². The van der Waals surface area contributed by atoms with Gasteiger partial charge >= 0.3 is 11.9 Å². The number of nitrogens with zero attached hydrogens (tertiary/aromatic N) is 2. The van der Waals surface area contributed by atoms with Crippen LogP contribution in [0.1, 0.15) is 20.7 Å². The minimum atomic E-state index is -0.430. The van der Waals surface area contributed by atoms with E-state index in [0.717, 1.165) is 16.9 Å². The number of rotatable bonds is 5. The van der Waals surface area contributed by atoms with Gasteiger partial charge in [0.1, 0.15) is 17.2 Å². The Balaban J connectivity index is 1.82. The maximum absolute atomic E-state index is 12.0. The van der Waals surface area contributed by atoms with Gasteiger partial charge in [-0.1, -0.05) is 30.3 Å². The fourth-order valence-corrected chi connectivity index (χ4v) is 3.14. The molecule has 150 valence electrons. The van der Waals surface area contributed by atoms with Crippen molar-refractivity contribution in [2.45, 2.75) is 0 Å². The molecule has 0 aliphatic rings. The Bertz CT molecular complexity index is 1210. The lowest BCUT2D eigenvalue weighted by molar-refractivity contribution is 0.0591. The molecule has 1 N–H and O–H groups in total. The van der Waals surface area contributed by atoms with Crippen molar-refractivity contribution in [3.63, 3.8) is 0 Å². The van der Waals surface area contributed by atoms with Crippen LogP contribution >= 0.6 is 0 Å². The molecule has 0 atom stereocenters. The molecule has 0 saturated carbocycles. The van der Waals surface area contributed by atoms with Gasteiger partial charge in [0.25, 0.3) is 0 Å². The van der Waals surface area contributed by atoms with Gasteiger partial charge in [0.15, 0.2) is 0 Å². The van der Waals surface area contributed by atoms with Crippen LogP contribution in [0.5, 0.6) is 0 Å². The van der Waals surface area contributed by atoms with E-state index in [1.54, 1.807) is 42.6 Å². The van der Waals surface area contributed by atoms with Crippen LogP contribution in [0.4, 0.5) is 11.5 Å². The second-order valence-corrected chi connectivity index (χ2v) is 6.51. The summed E-state index contributed by atoms with van der Waals surface area (Å²) in [5.41, 5.74) is 3.95. The zero-order chi connectivity index (χ0) is 21.1. The number of methoxy groups -OCH3 is 2. The second kappa shape index (κ2) is 8.08. The van der Waals surface area contributed by atoms with Crippen molar-refractivity contribution in [3.8, 4) is 11.3 Å². The molecule has 2 aromatic heterocycles. The number of fused-ring (bicyclic) bond motifs is 1. The van der Waals surface area contributed by atoms with Crippen molar-refractivity contribution in [3.05, 3.63) is 84.1 Å². The van der Waals surface area contributed by atoms with E-state index in [1.807, 2.05) is 34.7 Å². The molecular formula is C23H19N3O4. The third-order valence-corrected chi connectivity index (χ3v) is 4.66. The Morgan fingerprint density at radius 3 is 2.13 bits per heavy atom. The lowest BCUT2D eigenvalue weighted by Gasteiger charge is -2.10. The van der Waals surface area contributed by atoms with E-state index in [0.29, 0.717) is 22.6 Å². The van der Waals surface area contributed by atoms with Crippen molar-refractivity contribution in [1.82, 2.24) is 9.38 Å². The van der Waals surface area contributed by atoms with E-state index in [9.17, 15) is 9.59 Å². The van der Waals surface area contributed by atoms with Crippen LogP contribution in [0.2, 0.25) is 0 Å². The predicted molar refractivity (Wildman–Crippen MR) is 113 cm³/mol. The van der Waals surface area contributed by atoms with Crippen molar-refractivity contribution in [2.24, 2.45) is 0 Å². The number of pyridine rings is 1. The van der Waals surface area contributed by atoms with Crippen LogP contribution in [0.3, 0.4) is 0 Å². The van der Waals surface area contributed by atoms with Crippen molar-refractivity contribution >= 4 is 29.1 Å². The number of hydrogen-bond acceptors (Lipinski definition) is 6. The third kappa shape index (κ3) is 3.60. The Labute approximate surface area is 172 Å². The summed E-state index contributed by atoms with van der Waals surface area (Å²) < 4.78 is 11.4. The molecule has 0 fully saturated rings. The van der Waals surface area contributed by atoms with Crippen LogP contribution in [0, 0.1) is 0 Å². The largest absolute Gasteiger partial charge is 0.465 e. The molecule has 0 aliphatic carbocycles. The fraction of sp³-hybridized carbons (Fsp3) is 0.0870. The van der Waals surface area contributed by atoms with Crippen LogP contribution in [-0.4, -0.2) is 35.5 Å². The predicted octanol–water partition coefficient (Wildman–Crippen LogP) is 4.32. The number of aromatic nitrogens is 2. The zero-order valence-corrected chi connectivity index (χ0v) is 16.5. The highest BCUT2D eigenvalue weighted by molar-refractivity contribution is 5.91. The van der Waals surface area contributed by atoms with Gasteiger partial charge in [0, 0.05) is 17.4 Å². The molecule has 0 aliphatic heterocycles. The van der Waals surface area contributed by atoms with Crippen LogP contribution in [0.15, 0.2) is 72.9 Å².